The summed E-state index contributed by atoms with van der Waals surface area (Å²) >= 11 is 0. The van der Waals surface area contributed by atoms with Crippen LogP contribution in [-0.2, 0) is 14.6 Å². The van der Waals surface area contributed by atoms with Crippen molar-refractivity contribution in [3.63, 3.8) is 0 Å². The molecule has 4 nitrogen and oxygen atoms in total. The second-order valence-electron chi connectivity index (χ2n) is 1.34. The van der Waals surface area contributed by atoms with E-state index in [4.69, 9.17) is 23.3 Å². The van der Waals surface area contributed by atoms with Crippen LogP contribution in [0.2, 0.25) is 0 Å². The van der Waals surface area contributed by atoms with Crippen molar-refractivity contribution in [3.8, 4) is 0 Å². The van der Waals surface area contributed by atoms with E-state index in [9.17, 15) is 13.0 Å². The molecule has 80 valence electrons. The molecule has 0 radical (unpaired) electrons. The minimum atomic E-state index is -6.03. The van der Waals surface area contributed by atoms with Crippen LogP contribution in [0.3, 0.4) is 0 Å². The molecule has 0 N–H and O–H groups in total. The van der Waals surface area contributed by atoms with Gasteiger partial charge in [0.15, 0.2) is 0 Å². The van der Waals surface area contributed by atoms with E-state index in [-0.39, 0.29) is 29.6 Å². The summed E-state index contributed by atoms with van der Waals surface area (Å²) in [6.07, 6.45) is -26.7. The summed E-state index contributed by atoms with van der Waals surface area (Å²) in [5.74, 6) is 0. The van der Waals surface area contributed by atoms with Gasteiger partial charge in [-0.3, -0.25) is 4.18 Å². The van der Waals surface area contributed by atoms with E-state index in [1.165, 1.54) is 0 Å². The monoisotopic (exact) mass is 249 g/mol. The molecule has 0 aromatic rings. The van der Waals surface area contributed by atoms with Crippen molar-refractivity contribution in [3.05, 3.63) is 0 Å². The fourth-order valence-electron chi connectivity index (χ4n) is 0.222. The van der Waals surface area contributed by atoms with Crippen LogP contribution < -0.4 is 29.6 Å². The normalized spacial score (nSPS) is 37.1. The zero-order valence-electron chi connectivity index (χ0n) is 24.0. The molecule has 0 amide bonds. The first-order chi connectivity index (χ1) is 12.5. The van der Waals surface area contributed by atoms with Crippen LogP contribution in [0.15, 0.2) is 0 Å². The van der Waals surface area contributed by atoms with Gasteiger partial charge in [0.05, 0.1) is 9.30 Å². The summed E-state index contributed by atoms with van der Waals surface area (Å²) in [6, 6.07) is 0. The Kier molecular flexibility index (Phi) is 2.38. The topological polar surface area (TPSA) is 66.4 Å². The third kappa shape index (κ3) is 15.3. The molecule has 0 aliphatic rings. The van der Waals surface area contributed by atoms with Crippen molar-refractivity contribution in [2.45, 2.75) is 45.1 Å². The van der Waals surface area contributed by atoms with Crippen molar-refractivity contribution in [2.24, 2.45) is 0 Å². The zero-order chi connectivity index (χ0) is 25.2. The van der Waals surface area contributed by atoms with Crippen molar-refractivity contribution in [2.75, 3.05) is 6.56 Å². The Morgan fingerprint density at radius 1 is 1.29 bits per heavy atom. The molecule has 0 aliphatic carbocycles. The molecule has 0 atom stereocenters. The molecule has 0 bridgehead atoms. The minimum Gasteiger partial charge on any atom is -0.726 e. The van der Waals surface area contributed by atoms with E-state index in [1.807, 2.05) is 0 Å². The third-order valence-electron chi connectivity index (χ3n) is 0.507. The molecule has 14 heavy (non-hydrogen) atoms. The maximum Gasteiger partial charge on any atom is 1.00 e. The fraction of sp³-hybridized carbons (Fsp3) is 1.00. The van der Waals surface area contributed by atoms with Gasteiger partial charge in [0.2, 0.25) is 10.4 Å². The SMILES string of the molecule is [2H]C([2H])([2H])C([2H])([2H])C([2H])([2H])C([2H])([2H])C([2H])([2H])C([2H])([2H])C([2H])([2H])C([2H])([2H])OS(=O)(=O)[O-].[Na+]. The maximum atomic E-state index is 10.6. The molecule has 0 fully saturated rings. The summed E-state index contributed by atoms with van der Waals surface area (Å²) in [5, 5.41) is 0. The predicted molar refractivity (Wildman–Crippen MR) is 49.0 cm³/mol. The molecule has 6 heteroatoms. The third-order valence-corrected chi connectivity index (χ3v) is 0.795. The molecular weight excluding hydrogens is 215 g/mol. The fourth-order valence-corrected chi connectivity index (χ4v) is 0.366. The van der Waals surface area contributed by atoms with Gasteiger partial charge in [-0.2, -0.15) is 0 Å². The molecule has 0 unspecified atom stereocenters. The summed E-state index contributed by atoms with van der Waals surface area (Å²) < 4.78 is 162. The summed E-state index contributed by atoms with van der Waals surface area (Å²) in [4.78, 5) is 0. The van der Waals surface area contributed by atoms with Gasteiger partial charge in [0.25, 0.3) is 0 Å². The molecule has 0 aromatic carbocycles. The largest absolute Gasteiger partial charge is 1.00 e. The van der Waals surface area contributed by atoms with Crippen molar-refractivity contribution < 1.29 is 70.0 Å². The molecule has 0 heterocycles. The van der Waals surface area contributed by atoms with E-state index < -0.39 is 62.0 Å². The van der Waals surface area contributed by atoms with Crippen molar-refractivity contribution in [1.29, 1.82) is 0 Å². The van der Waals surface area contributed by atoms with Gasteiger partial charge in [-0.05, 0) is 6.37 Å². The minimum absolute atomic E-state index is 0. The van der Waals surface area contributed by atoms with E-state index in [2.05, 4.69) is 4.18 Å². The van der Waals surface area contributed by atoms with Gasteiger partial charge in [-0.1, -0.05) is 38.7 Å². The molecule has 0 aromatic heterocycles. The summed E-state index contributed by atoms with van der Waals surface area (Å²) in [6.45, 7) is -8.35. The first-order valence-electron chi connectivity index (χ1n) is 11.1. The van der Waals surface area contributed by atoms with Gasteiger partial charge in [0.1, 0.15) is 0 Å². The van der Waals surface area contributed by atoms with Crippen LogP contribution >= 0.6 is 0 Å². The van der Waals surface area contributed by atoms with Crippen LogP contribution in [0.1, 0.15) is 68.4 Å². The maximum absolute atomic E-state index is 10.6. The van der Waals surface area contributed by atoms with E-state index in [0.717, 1.165) is 0 Å². The van der Waals surface area contributed by atoms with Gasteiger partial charge >= 0.3 is 29.6 Å². The van der Waals surface area contributed by atoms with Gasteiger partial charge in [0, 0.05) is 20.6 Å². The Balaban J connectivity index is 0. The molecule has 0 saturated heterocycles. The standard InChI is InChI=1S/C8H18O4S.Na/c1-2-3-4-5-6-7-8-12-13(9,10)11;/h2-8H2,1H3,(H,9,10,11);/q;+1/p-1/i1D3,2D2,3D2,4D2,5D2,6D2,7D2,8D2;. The van der Waals surface area contributed by atoms with Crippen LogP contribution in [0.5, 0.6) is 0 Å². The molecule has 0 rings (SSSR count). The smallest absolute Gasteiger partial charge is 0.726 e. The molecular formula is C8H17NaO4S. The summed E-state index contributed by atoms with van der Waals surface area (Å²) in [7, 11) is -6.03. The van der Waals surface area contributed by atoms with Crippen LogP contribution in [-0.4, -0.2) is 19.5 Å². The van der Waals surface area contributed by atoms with Gasteiger partial charge in [-0.25, -0.2) is 8.42 Å². The number of hydrogen-bond acceptors (Lipinski definition) is 4. The Labute approximate surface area is 133 Å². The van der Waals surface area contributed by atoms with Crippen molar-refractivity contribution >= 4 is 10.4 Å². The van der Waals surface area contributed by atoms with E-state index >= 15 is 0 Å². The average Bonchev–Trinajstić information content (AvgIpc) is 2.41. The molecule has 0 saturated carbocycles. The Morgan fingerprint density at radius 3 is 2.43 bits per heavy atom. The quantitative estimate of drug-likeness (QED) is 0.309. The van der Waals surface area contributed by atoms with Crippen molar-refractivity contribution in [1.82, 2.24) is 0 Å². The second-order valence-corrected chi connectivity index (χ2v) is 2.33. The first kappa shape index (κ1) is 3.21. The number of hydrogen-bond donors (Lipinski definition) is 0. The number of rotatable bonds is 8. The Morgan fingerprint density at radius 2 is 1.86 bits per heavy atom. The van der Waals surface area contributed by atoms with Crippen LogP contribution in [0, 0.1) is 0 Å². The molecule has 0 spiro atoms. The van der Waals surface area contributed by atoms with E-state index in [1.54, 1.807) is 0 Å². The first-order valence-corrected chi connectivity index (χ1v) is 3.95. The van der Waals surface area contributed by atoms with Gasteiger partial charge < -0.3 is 4.55 Å². The van der Waals surface area contributed by atoms with Gasteiger partial charge in [-0.15, -0.1) is 0 Å². The van der Waals surface area contributed by atoms with E-state index in [0.29, 0.717) is 0 Å². The predicted octanol–water partition coefficient (Wildman–Crippen LogP) is -1.17. The Hall–Kier alpha value is 0.870. The average molecular weight is 249 g/mol. The van der Waals surface area contributed by atoms with Crippen LogP contribution in [0.25, 0.3) is 0 Å². The second kappa shape index (κ2) is 10.4. The van der Waals surface area contributed by atoms with Crippen LogP contribution in [0.4, 0.5) is 0 Å². The zero-order valence-corrected chi connectivity index (χ0v) is 9.86. The molecule has 0 aliphatic heterocycles. The Bertz CT molecular complexity index is 757. The summed E-state index contributed by atoms with van der Waals surface area (Å²) in [5.41, 5.74) is 0.